The minimum atomic E-state index is -0.683. The summed E-state index contributed by atoms with van der Waals surface area (Å²) in [5, 5.41) is 0. The number of aryl methyl sites for hydroxylation is 1. The Hall–Kier alpha value is -1.68. The number of amides is 2. The van der Waals surface area contributed by atoms with Crippen molar-refractivity contribution in [2.24, 2.45) is 0 Å². The van der Waals surface area contributed by atoms with E-state index in [-0.39, 0.29) is 18.2 Å². The van der Waals surface area contributed by atoms with Gasteiger partial charge in [0.15, 0.2) is 0 Å². The lowest BCUT2D eigenvalue weighted by atomic mass is 9.76. The summed E-state index contributed by atoms with van der Waals surface area (Å²) in [5.41, 5.74) is 1.42. The van der Waals surface area contributed by atoms with Gasteiger partial charge in [-0.15, -0.1) is 0 Å². The Morgan fingerprint density at radius 3 is 2.48 bits per heavy atom. The van der Waals surface area contributed by atoms with Crippen LogP contribution < -0.4 is 0 Å². The van der Waals surface area contributed by atoms with E-state index in [4.69, 9.17) is 4.74 Å². The van der Waals surface area contributed by atoms with Crippen LogP contribution in [0.2, 0.25) is 0 Å². The highest BCUT2D eigenvalue weighted by Gasteiger charge is 2.51. The van der Waals surface area contributed by atoms with Crippen LogP contribution in [0.5, 0.6) is 0 Å². The summed E-state index contributed by atoms with van der Waals surface area (Å²) in [6.07, 6.45) is 1.60. The number of benzene rings is 1. The van der Waals surface area contributed by atoms with Crippen LogP contribution in [0, 0.1) is 6.92 Å². The smallest absolute Gasteiger partial charge is 0.240 e. The third kappa shape index (κ3) is 2.86. The van der Waals surface area contributed by atoms with Gasteiger partial charge < -0.3 is 4.74 Å². The molecule has 1 aliphatic rings. The number of carbonyl (C=O) groups is 2. The first kappa shape index (κ1) is 15.7. The maximum atomic E-state index is 12.8. The van der Waals surface area contributed by atoms with Crippen LogP contribution in [-0.4, -0.2) is 37.0 Å². The van der Waals surface area contributed by atoms with Gasteiger partial charge in [0.05, 0.1) is 5.41 Å². The van der Waals surface area contributed by atoms with Gasteiger partial charge in [-0.1, -0.05) is 36.8 Å². The van der Waals surface area contributed by atoms with Crippen molar-refractivity contribution in [3.8, 4) is 0 Å². The van der Waals surface area contributed by atoms with Crippen molar-refractivity contribution in [3.63, 3.8) is 0 Å². The summed E-state index contributed by atoms with van der Waals surface area (Å²) >= 11 is 0. The number of likely N-dealkylation sites (tertiary alicyclic amines) is 1. The van der Waals surface area contributed by atoms with Crippen LogP contribution in [0.25, 0.3) is 0 Å². The van der Waals surface area contributed by atoms with Crippen LogP contribution in [0.3, 0.4) is 0 Å². The average Bonchev–Trinajstić information content (AvgIpc) is 2.73. The zero-order valence-corrected chi connectivity index (χ0v) is 13.0. The molecule has 0 spiro atoms. The van der Waals surface area contributed by atoms with E-state index in [1.807, 2.05) is 38.1 Å². The molecule has 0 aliphatic carbocycles. The molecular formula is C17H23NO3. The number of methoxy groups -OCH3 is 1. The Labute approximate surface area is 126 Å². The zero-order valence-electron chi connectivity index (χ0n) is 13.0. The van der Waals surface area contributed by atoms with Crippen LogP contribution in [0.4, 0.5) is 0 Å². The number of nitrogens with zero attached hydrogens (tertiary/aromatic N) is 1. The number of hydrogen-bond donors (Lipinski definition) is 0. The van der Waals surface area contributed by atoms with Gasteiger partial charge >= 0.3 is 0 Å². The molecule has 4 heteroatoms. The van der Waals surface area contributed by atoms with Gasteiger partial charge in [-0.25, -0.2) is 0 Å². The third-order valence-corrected chi connectivity index (χ3v) is 4.35. The number of ether oxygens (including phenoxy) is 1. The van der Waals surface area contributed by atoms with E-state index in [2.05, 4.69) is 0 Å². The van der Waals surface area contributed by atoms with Gasteiger partial charge in [-0.3, -0.25) is 14.5 Å². The Balaban J connectivity index is 2.26. The molecule has 1 aromatic carbocycles. The summed E-state index contributed by atoms with van der Waals surface area (Å²) in [6.45, 7) is 4.99. The molecule has 1 aromatic rings. The van der Waals surface area contributed by atoms with Crippen molar-refractivity contribution in [1.29, 1.82) is 0 Å². The number of imide groups is 1. The highest BCUT2D eigenvalue weighted by atomic mass is 16.5. The topological polar surface area (TPSA) is 46.6 Å². The first-order chi connectivity index (χ1) is 10.0. The molecule has 0 bridgehead atoms. The molecule has 1 fully saturated rings. The van der Waals surface area contributed by atoms with Crippen molar-refractivity contribution in [2.45, 2.75) is 38.5 Å². The summed E-state index contributed by atoms with van der Waals surface area (Å²) < 4.78 is 5.00. The first-order valence-electron chi connectivity index (χ1n) is 7.46. The van der Waals surface area contributed by atoms with Crippen molar-refractivity contribution in [3.05, 3.63) is 35.4 Å². The highest BCUT2D eigenvalue weighted by Crippen LogP contribution is 2.39. The summed E-state index contributed by atoms with van der Waals surface area (Å²) in [7, 11) is 1.62. The molecular weight excluding hydrogens is 266 g/mol. The van der Waals surface area contributed by atoms with Crippen LogP contribution in [0.1, 0.15) is 37.3 Å². The van der Waals surface area contributed by atoms with E-state index in [1.54, 1.807) is 7.11 Å². The fourth-order valence-electron chi connectivity index (χ4n) is 2.97. The number of rotatable bonds is 6. The minimum absolute atomic E-state index is 0.0602. The lowest BCUT2D eigenvalue weighted by molar-refractivity contribution is -0.140. The van der Waals surface area contributed by atoms with Gasteiger partial charge in [0, 0.05) is 26.7 Å². The van der Waals surface area contributed by atoms with Crippen LogP contribution in [0.15, 0.2) is 24.3 Å². The van der Waals surface area contributed by atoms with E-state index >= 15 is 0 Å². The summed E-state index contributed by atoms with van der Waals surface area (Å²) in [5.74, 6) is -0.131. The lowest BCUT2D eigenvalue weighted by Gasteiger charge is -2.26. The van der Waals surface area contributed by atoms with E-state index in [9.17, 15) is 9.59 Å². The summed E-state index contributed by atoms with van der Waals surface area (Å²) in [4.78, 5) is 26.5. The largest absolute Gasteiger partial charge is 0.385 e. The fraction of sp³-hybridized carbons (Fsp3) is 0.529. The standard InChI is InChI=1S/C17H23NO3/c1-4-17(14-8-6-13(2)7-9-14)12-15(19)18(16(17)20)10-5-11-21-3/h6-9H,4-5,10-12H2,1-3H3. The molecule has 0 saturated carbocycles. The molecule has 1 heterocycles. The molecule has 1 atom stereocenters. The molecule has 1 unspecified atom stereocenters. The minimum Gasteiger partial charge on any atom is -0.385 e. The monoisotopic (exact) mass is 289 g/mol. The Kier molecular flexibility index (Phi) is 4.78. The zero-order chi connectivity index (χ0) is 15.5. The molecule has 114 valence electrons. The normalized spacial score (nSPS) is 22.1. The second-order valence-electron chi connectivity index (χ2n) is 5.68. The highest BCUT2D eigenvalue weighted by molar-refractivity contribution is 6.09. The van der Waals surface area contributed by atoms with E-state index < -0.39 is 5.41 Å². The molecule has 1 aliphatic heterocycles. The molecule has 21 heavy (non-hydrogen) atoms. The fourth-order valence-corrected chi connectivity index (χ4v) is 2.97. The molecule has 4 nitrogen and oxygen atoms in total. The predicted molar refractivity (Wildman–Crippen MR) is 81.0 cm³/mol. The SMILES string of the molecule is CCC1(c2ccc(C)cc2)CC(=O)N(CCCOC)C1=O. The number of hydrogen-bond acceptors (Lipinski definition) is 3. The molecule has 2 rings (SSSR count). The Morgan fingerprint density at radius 1 is 1.24 bits per heavy atom. The van der Waals surface area contributed by atoms with Gasteiger partial charge in [0.25, 0.3) is 0 Å². The summed E-state index contributed by atoms with van der Waals surface area (Å²) in [6, 6.07) is 7.95. The number of carbonyl (C=O) groups excluding carboxylic acids is 2. The van der Waals surface area contributed by atoms with Crippen LogP contribution >= 0.6 is 0 Å². The quantitative estimate of drug-likeness (QED) is 0.597. The third-order valence-electron chi connectivity index (χ3n) is 4.35. The van der Waals surface area contributed by atoms with Gasteiger partial charge in [-0.2, -0.15) is 0 Å². The van der Waals surface area contributed by atoms with Gasteiger partial charge in [0.1, 0.15) is 0 Å². The Bertz CT molecular complexity index is 523. The first-order valence-corrected chi connectivity index (χ1v) is 7.46. The maximum Gasteiger partial charge on any atom is 0.240 e. The van der Waals surface area contributed by atoms with Crippen molar-refractivity contribution in [1.82, 2.24) is 4.90 Å². The van der Waals surface area contributed by atoms with Crippen molar-refractivity contribution < 1.29 is 14.3 Å². The van der Waals surface area contributed by atoms with E-state index in [1.165, 1.54) is 4.90 Å². The average molecular weight is 289 g/mol. The second-order valence-corrected chi connectivity index (χ2v) is 5.68. The van der Waals surface area contributed by atoms with E-state index in [0.717, 1.165) is 11.1 Å². The van der Waals surface area contributed by atoms with Gasteiger partial charge in [-0.05, 0) is 25.3 Å². The van der Waals surface area contributed by atoms with Crippen molar-refractivity contribution in [2.75, 3.05) is 20.3 Å². The molecule has 0 aromatic heterocycles. The Morgan fingerprint density at radius 2 is 1.90 bits per heavy atom. The van der Waals surface area contributed by atoms with E-state index in [0.29, 0.717) is 26.0 Å². The molecule has 1 saturated heterocycles. The second kappa shape index (κ2) is 6.39. The lowest BCUT2D eigenvalue weighted by Crippen LogP contribution is -2.38. The van der Waals surface area contributed by atoms with Crippen molar-refractivity contribution >= 4 is 11.8 Å². The van der Waals surface area contributed by atoms with Gasteiger partial charge in [0.2, 0.25) is 11.8 Å². The predicted octanol–water partition coefficient (Wildman–Crippen LogP) is 2.44. The van der Waals surface area contributed by atoms with Crippen LogP contribution in [-0.2, 0) is 19.7 Å². The molecule has 0 radical (unpaired) electrons. The maximum absolute atomic E-state index is 12.8. The molecule has 2 amide bonds. The molecule has 0 N–H and O–H groups in total.